The molecular formula is C17H31N5O3. The molecule has 1 unspecified atom stereocenters. The highest BCUT2D eigenvalue weighted by molar-refractivity contribution is 5.96. The van der Waals surface area contributed by atoms with Gasteiger partial charge in [0.2, 0.25) is 11.8 Å². The van der Waals surface area contributed by atoms with Crippen molar-refractivity contribution in [1.82, 2.24) is 25.8 Å². The zero-order valence-corrected chi connectivity index (χ0v) is 15.5. The highest BCUT2D eigenvalue weighted by atomic mass is 16.2. The van der Waals surface area contributed by atoms with Crippen LogP contribution in [-0.4, -0.2) is 79.5 Å². The number of nitrogens with zero attached hydrogens (tertiary/aromatic N) is 2. The Kier molecular flexibility index (Phi) is 9.15. The Labute approximate surface area is 150 Å². The molecule has 0 aromatic rings. The van der Waals surface area contributed by atoms with Crippen molar-refractivity contribution in [2.75, 3.05) is 45.8 Å². The summed E-state index contributed by atoms with van der Waals surface area (Å²) in [6.07, 6.45) is 1.65. The normalized spacial score (nSPS) is 17.0. The molecule has 142 valence electrons. The molecule has 0 aromatic heterocycles. The third-order valence-electron chi connectivity index (χ3n) is 4.05. The fraction of sp³-hybridized carbons (Fsp3) is 0.706. The molecule has 1 aliphatic heterocycles. The van der Waals surface area contributed by atoms with Crippen LogP contribution in [0.3, 0.4) is 0 Å². The van der Waals surface area contributed by atoms with Crippen molar-refractivity contribution < 1.29 is 14.4 Å². The number of hydrogen-bond donors (Lipinski definition) is 3. The van der Waals surface area contributed by atoms with Gasteiger partial charge in [-0.15, -0.1) is 6.58 Å². The average molecular weight is 353 g/mol. The van der Waals surface area contributed by atoms with Gasteiger partial charge < -0.3 is 10.6 Å². The molecule has 0 bridgehead atoms. The number of imide groups is 1. The lowest BCUT2D eigenvalue weighted by atomic mass is 10.2. The molecule has 4 amide bonds. The highest BCUT2D eigenvalue weighted by Crippen LogP contribution is 2.06. The first-order valence-electron chi connectivity index (χ1n) is 8.76. The molecule has 1 saturated heterocycles. The Hall–Kier alpha value is -1.93. The SMILES string of the molecule is C=CCNC(=O)CN1CCN(C(C)C(=O)NC(=O)NCC(C)C)CC1. The van der Waals surface area contributed by atoms with Crippen LogP contribution in [0.2, 0.25) is 0 Å². The van der Waals surface area contributed by atoms with Gasteiger partial charge in [-0.3, -0.25) is 24.7 Å². The third kappa shape index (κ3) is 8.13. The minimum atomic E-state index is -0.455. The van der Waals surface area contributed by atoms with Crippen LogP contribution in [0.15, 0.2) is 12.7 Å². The topological polar surface area (TPSA) is 93.8 Å². The molecule has 0 aliphatic carbocycles. The number of rotatable bonds is 8. The number of carbonyl (C=O) groups is 3. The predicted molar refractivity (Wildman–Crippen MR) is 97.1 cm³/mol. The van der Waals surface area contributed by atoms with Crippen molar-refractivity contribution in [3.8, 4) is 0 Å². The van der Waals surface area contributed by atoms with E-state index in [9.17, 15) is 14.4 Å². The maximum absolute atomic E-state index is 12.2. The summed E-state index contributed by atoms with van der Waals surface area (Å²) in [5, 5.41) is 7.80. The van der Waals surface area contributed by atoms with Crippen molar-refractivity contribution in [2.45, 2.75) is 26.8 Å². The van der Waals surface area contributed by atoms with Gasteiger partial charge in [-0.25, -0.2) is 4.79 Å². The van der Waals surface area contributed by atoms with Crippen LogP contribution in [0, 0.1) is 5.92 Å². The molecule has 1 atom stereocenters. The number of nitrogens with one attached hydrogen (secondary N) is 3. The number of urea groups is 1. The quantitative estimate of drug-likeness (QED) is 0.525. The maximum Gasteiger partial charge on any atom is 0.321 e. The molecule has 8 nitrogen and oxygen atoms in total. The van der Waals surface area contributed by atoms with E-state index in [1.165, 1.54) is 0 Å². The first-order chi connectivity index (χ1) is 11.8. The molecule has 0 aromatic carbocycles. The fourth-order valence-electron chi connectivity index (χ4n) is 2.48. The summed E-state index contributed by atoms with van der Waals surface area (Å²) in [6, 6.07) is -0.843. The summed E-state index contributed by atoms with van der Waals surface area (Å²) in [6.45, 7) is 13.4. The van der Waals surface area contributed by atoms with Gasteiger partial charge in [0.15, 0.2) is 0 Å². The monoisotopic (exact) mass is 353 g/mol. The van der Waals surface area contributed by atoms with E-state index < -0.39 is 6.03 Å². The summed E-state index contributed by atoms with van der Waals surface area (Å²) < 4.78 is 0. The van der Waals surface area contributed by atoms with E-state index in [-0.39, 0.29) is 17.9 Å². The second-order valence-electron chi connectivity index (χ2n) is 6.67. The van der Waals surface area contributed by atoms with Gasteiger partial charge in [0, 0.05) is 39.3 Å². The van der Waals surface area contributed by atoms with Crippen molar-refractivity contribution in [1.29, 1.82) is 0 Å². The number of hydrogen-bond acceptors (Lipinski definition) is 5. The average Bonchev–Trinajstić information content (AvgIpc) is 2.58. The molecular weight excluding hydrogens is 322 g/mol. The van der Waals surface area contributed by atoms with E-state index in [4.69, 9.17) is 0 Å². The van der Waals surface area contributed by atoms with Gasteiger partial charge in [0.05, 0.1) is 12.6 Å². The van der Waals surface area contributed by atoms with E-state index in [0.717, 1.165) is 0 Å². The minimum absolute atomic E-state index is 0.0269. The lowest BCUT2D eigenvalue weighted by molar-refractivity contribution is -0.127. The Morgan fingerprint density at radius 2 is 1.72 bits per heavy atom. The first-order valence-corrected chi connectivity index (χ1v) is 8.76. The predicted octanol–water partition coefficient (Wildman–Crippen LogP) is -0.223. The summed E-state index contributed by atoms with van der Waals surface area (Å²) in [4.78, 5) is 39.6. The van der Waals surface area contributed by atoms with Crippen molar-refractivity contribution >= 4 is 17.8 Å². The molecule has 1 aliphatic rings. The van der Waals surface area contributed by atoms with Crippen LogP contribution in [0.1, 0.15) is 20.8 Å². The lowest BCUT2D eigenvalue weighted by Crippen LogP contribution is -2.56. The smallest absolute Gasteiger partial charge is 0.321 e. The Bertz CT molecular complexity index is 473. The van der Waals surface area contributed by atoms with Gasteiger partial charge in [-0.05, 0) is 12.8 Å². The first kappa shape index (κ1) is 21.1. The molecule has 0 saturated carbocycles. The summed E-state index contributed by atoms with van der Waals surface area (Å²) >= 11 is 0. The van der Waals surface area contributed by atoms with Crippen LogP contribution in [0.5, 0.6) is 0 Å². The van der Waals surface area contributed by atoms with E-state index in [2.05, 4.69) is 27.4 Å². The summed E-state index contributed by atoms with van der Waals surface area (Å²) in [5.74, 6) is -0.00516. The van der Waals surface area contributed by atoms with Crippen LogP contribution in [-0.2, 0) is 9.59 Å². The molecule has 3 N–H and O–H groups in total. The van der Waals surface area contributed by atoms with E-state index in [1.807, 2.05) is 18.7 Å². The van der Waals surface area contributed by atoms with Gasteiger partial charge in [-0.1, -0.05) is 19.9 Å². The molecule has 1 rings (SSSR count). The molecule has 1 fully saturated rings. The number of amides is 4. The van der Waals surface area contributed by atoms with E-state index in [0.29, 0.717) is 51.7 Å². The molecule has 0 radical (unpaired) electrons. The Balaban J connectivity index is 2.33. The van der Waals surface area contributed by atoms with Gasteiger partial charge in [-0.2, -0.15) is 0 Å². The third-order valence-corrected chi connectivity index (χ3v) is 4.05. The lowest BCUT2D eigenvalue weighted by Gasteiger charge is -2.36. The van der Waals surface area contributed by atoms with Crippen molar-refractivity contribution in [3.63, 3.8) is 0 Å². The van der Waals surface area contributed by atoms with Crippen LogP contribution >= 0.6 is 0 Å². The van der Waals surface area contributed by atoms with Gasteiger partial charge >= 0.3 is 6.03 Å². The standard InChI is InChI=1S/C17H31N5O3/c1-5-6-18-15(23)12-21-7-9-22(10-8-21)14(4)16(24)20-17(25)19-11-13(2)3/h5,13-14H,1,6-12H2,2-4H3,(H,18,23)(H2,19,20,24,25). The van der Waals surface area contributed by atoms with Crippen LogP contribution < -0.4 is 16.0 Å². The molecule has 0 spiro atoms. The number of piperazine rings is 1. The Morgan fingerprint density at radius 1 is 1.08 bits per heavy atom. The van der Waals surface area contributed by atoms with Crippen LogP contribution in [0.25, 0.3) is 0 Å². The van der Waals surface area contributed by atoms with Gasteiger partial charge in [0.1, 0.15) is 0 Å². The van der Waals surface area contributed by atoms with Crippen LogP contribution in [0.4, 0.5) is 4.79 Å². The Morgan fingerprint density at radius 3 is 2.28 bits per heavy atom. The fourth-order valence-corrected chi connectivity index (χ4v) is 2.48. The minimum Gasteiger partial charge on any atom is -0.352 e. The second-order valence-corrected chi connectivity index (χ2v) is 6.67. The maximum atomic E-state index is 12.2. The molecule has 25 heavy (non-hydrogen) atoms. The summed E-state index contributed by atoms with van der Waals surface area (Å²) in [7, 11) is 0. The molecule has 8 heteroatoms. The zero-order chi connectivity index (χ0) is 18.8. The van der Waals surface area contributed by atoms with E-state index >= 15 is 0 Å². The number of carbonyl (C=O) groups excluding carboxylic acids is 3. The largest absolute Gasteiger partial charge is 0.352 e. The van der Waals surface area contributed by atoms with Crippen molar-refractivity contribution in [3.05, 3.63) is 12.7 Å². The summed E-state index contributed by atoms with van der Waals surface area (Å²) in [5.41, 5.74) is 0. The highest BCUT2D eigenvalue weighted by Gasteiger charge is 2.27. The zero-order valence-electron chi connectivity index (χ0n) is 15.5. The molecule has 1 heterocycles. The van der Waals surface area contributed by atoms with Gasteiger partial charge in [0.25, 0.3) is 0 Å². The second kappa shape index (κ2) is 10.8. The van der Waals surface area contributed by atoms with E-state index in [1.54, 1.807) is 13.0 Å². The van der Waals surface area contributed by atoms with Crippen molar-refractivity contribution in [2.24, 2.45) is 5.92 Å².